The molecule has 2 nitrogen and oxygen atoms in total. The molecule has 4 heteroatoms. The monoisotopic (exact) mass is 390 g/mol. The number of benzene rings is 1. The molecule has 2 saturated heterocycles. The van der Waals surface area contributed by atoms with Gasteiger partial charge in [-0.2, -0.15) is 11.8 Å². The summed E-state index contributed by atoms with van der Waals surface area (Å²) in [6.45, 7) is 0.798. The maximum atomic E-state index is 10.6. The van der Waals surface area contributed by atoms with Crippen molar-refractivity contribution in [1.82, 2.24) is 0 Å². The lowest BCUT2D eigenvalue weighted by Crippen LogP contribution is -2.41. The van der Waals surface area contributed by atoms with E-state index in [-0.39, 0.29) is 11.7 Å². The predicted octanol–water partition coefficient (Wildman–Crippen LogP) is 3.63. The van der Waals surface area contributed by atoms with Crippen molar-refractivity contribution in [2.75, 3.05) is 18.1 Å². The third kappa shape index (κ3) is 3.12. The molecule has 104 valence electrons. The molecular weight excluding hydrogens is 371 g/mol. The Morgan fingerprint density at radius 3 is 2.84 bits per heavy atom. The molecule has 0 aromatic heterocycles. The molecule has 1 N–H and O–H groups in total. The zero-order valence-corrected chi connectivity index (χ0v) is 13.8. The van der Waals surface area contributed by atoms with Crippen molar-refractivity contribution in [2.24, 2.45) is 5.92 Å². The summed E-state index contributed by atoms with van der Waals surface area (Å²) in [4.78, 5) is 0. The van der Waals surface area contributed by atoms with Crippen molar-refractivity contribution >= 4 is 34.4 Å². The topological polar surface area (TPSA) is 29.5 Å². The number of hydrogen-bond donors (Lipinski definition) is 1. The summed E-state index contributed by atoms with van der Waals surface area (Å²) in [7, 11) is 0. The highest BCUT2D eigenvalue weighted by molar-refractivity contribution is 14.1. The van der Waals surface area contributed by atoms with Crippen LogP contribution in [-0.2, 0) is 4.74 Å². The molecule has 0 radical (unpaired) electrons. The van der Waals surface area contributed by atoms with Crippen LogP contribution in [0.1, 0.15) is 30.9 Å². The maximum Gasteiger partial charge on any atom is 0.0820 e. The van der Waals surface area contributed by atoms with Crippen molar-refractivity contribution in [3.05, 3.63) is 33.4 Å². The van der Waals surface area contributed by atoms with Crippen molar-refractivity contribution in [3.8, 4) is 0 Å². The van der Waals surface area contributed by atoms with E-state index in [9.17, 15) is 5.11 Å². The van der Waals surface area contributed by atoms with E-state index in [1.54, 1.807) is 0 Å². The molecule has 0 saturated carbocycles. The third-order valence-electron chi connectivity index (χ3n) is 4.26. The van der Waals surface area contributed by atoms with Crippen molar-refractivity contribution in [2.45, 2.75) is 31.0 Å². The molecule has 1 spiro atoms. The van der Waals surface area contributed by atoms with Gasteiger partial charge in [-0.25, -0.2) is 0 Å². The molecule has 0 aliphatic carbocycles. The lowest BCUT2D eigenvalue weighted by Gasteiger charge is -2.39. The molecule has 1 aromatic rings. The fraction of sp³-hybridized carbons (Fsp3) is 0.600. The maximum absolute atomic E-state index is 10.6. The quantitative estimate of drug-likeness (QED) is 0.783. The summed E-state index contributed by atoms with van der Waals surface area (Å²) in [6.07, 6.45) is 2.78. The van der Waals surface area contributed by atoms with Crippen LogP contribution in [0.2, 0.25) is 0 Å². The van der Waals surface area contributed by atoms with E-state index in [1.807, 2.05) is 11.8 Å². The highest BCUT2D eigenvalue weighted by Crippen LogP contribution is 2.43. The van der Waals surface area contributed by atoms with Crippen LogP contribution in [0, 0.1) is 9.49 Å². The van der Waals surface area contributed by atoms with Gasteiger partial charge in [0.1, 0.15) is 0 Å². The van der Waals surface area contributed by atoms with Crippen LogP contribution < -0.4 is 0 Å². The lowest BCUT2D eigenvalue weighted by atomic mass is 9.80. The van der Waals surface area contributed by atoms with Gasteiger partial charge >= 0.3 is 0 Å². The minimum Gasteiger partial charge on any atom is -0.388 e. The number of aliphatic hydroxyl groups is 1. The number of aliphatic hydroxyl groups excluding tert-OH is 1. The van der Waals surface area contributed by atoms with Crippen LogP contribution in [0.4, 0.5) is 0 Å². The second-order valence-electron chi connectivity index (χ2n) is 5.58. The molecule has 2 aliphatic heterocycles. The number of hydrogen-bond acceptors (Lipinski definition) is 3. The van der Waals surface area contributed by atoms with Crippen molar-refractivity contribution < 1.29 is 9.84 Å². The normalized spacial score (nSPS) is 32.6. The Labute approximate surface area is 132 Å². The Morgan fingerprint density at radius 2 is 2.16 bits per heavy atom. The minimum absolute atomic E-state index is 0.0533. The Hall–Kier alpha value is 0.220. The first-order valence-corrected chi connectivity index (χ1v) is 9.07. The molecule has 3 unspecified atom stereocenters. The van der Waals surface area contributed by atoms with Gasteiger partial charge in [0, 0.05) is 15.9 Å². The first kappa shape index (κ1) is 14.2. The van der Waals surface area contributed by atoms with Crippen LogP contribution in [0.25, 0.3) is 0 Å². The average Bonchev–Trinajstić information content (AvgIpc) is 2.87. The largest absolute Gasteiger partial charge is 0.388 e. The van der Waals surface area contributed by atoms with Gasteiger partial charge in [0.25, 0.3) is 0 Å². The number of thioether (sulfide) groups is 1. The number of ether oxygens (including phenoxy) is 1. The summed E-state index contributed by atoms with van der Waals surface area (Å²) in [5.41, 5.74) is 1.10. The van der Waals surface area contributed by atoms with Gasteiger partial charge in [-0.05, 0) is 71.2 Å². The van der Waals surface area contributed by atoms with Gasteiger partial charge in [-0.3, -0.25) is 0 Å². The standard InChI is InChI=1S/C15H19IO2S/c16-13-3-1-11(2-4-13)14(17)12-5-7-18-15(9-12)6-8-19-10-15/h1-4,12,14,17H,5-10H2. The molecule has 1 aromatic carbocycles. The van der Waals surface area contributed by atoms with Crippen LogP contribution in [0.3, 0.4) is 0 Å². The van der Waals surface area contributed by atoms with E-state index < -0.39 is 0 Å². The van der Waals surface area contributed by atoms with Crippen LogP contribution in [-0.4, -0.2) is 28.8 Å². The van der Waals surface area contributed by atoms with E-state index in [0.717, 1.165) is 37.2 Å². The molecule has 0 bridgehead atoms. The summed E-state index contributed by atoms with van der Waals surface area (Å²) >= 11 is 4.28. The van der Waals surface area contributed by atoms with E-state index >= 15 is 0 Å². The average molecular weight is 390 g/mol. The second kappa shape index (κ2) is 5.92. The molecule has 3 rings (SSSR count). The Balaban J connectivity index is 1.72. The summed E-state index contributed by atoms with van der Waals surface area (Å²) in [6, 6.07) is 8.25. The van der Waals surface area contributed by atoms with Crippen LogP contribution >= 0.6 is 34.4 Å². The molecule has 19 heavy (non-hydrogen) atoms. The smallest absolute Gasteiger partial charge is 0.0820 e. The minimum atomic E-state index is -0.344. The van der Waals surface area contributed by atoms with E-state index in [2.05, 4.69) is 46.9 Å². The van der Waals surface area contributed by atoms with Gasteiger partial charge in [0.05, 0.1) is 11.7 Å². The molecule has 2 heterocycles. The first-order valence-electron chi connectivity index (χ1n) is 6.84. The Morgan fingerprint density at radius 1 is 1.37 bits per heavy atom. The Bertz CT molecular complexity index is 428. The van der Waals surface area contributed by atoms with Gasteiger partial charge in [-0.1, -0.05) is 12.1 Å². The van der Waals surface area contributed by atoms with E-state index in [0.29, 0.717) is 5.92 Å². The summed E-state index contributed by atoms with van der Waals surface area (Å²) in [5.74, 6) is 2.64. The van der Waals surface area contributed by atoms with Crippen molar-refractivity contribution in [3.63, 3.8) is 0 Å². The van der Waals surface area contributed by atoms with Gasteiger partial charge in [0.2, 0.25) is 0 Å². The number of rotatable bonds is 2. The first-order chi connectivity index (χ1) is 9.19. The van der Waals surface area contributed by atoms with Crippen LogP contribution in [0.5, 0.6) is 0 Å². The summed E-state index contributed by atoms with van der Waals surface area (Å²) in [5, 5.41) is 10.6. The fourth-order valence-electron chi connectivity index (χ4n) is 3.13. The van der Waals surface area contributed by atoms with Gasteiger partial charge in [0.15, 0.2) is 0 Å². The van der Waals surface area contributed by atoms with E-state index in [4.69, 9.17) is 4.74 Å². The van der Waals surface area contributed by atoms with Crippen LogP contribution in [0.15, 0.2) is 24.3 Å². The van der Waals surface area contributed by atoms with Crippen molar-refractivity contribution in [1.29, 1.82) is 0 Å². The lowest BCUT2D eigenvalue weighted by molar-refractivity contribution is -0.102. The second-order valence-corrected chi connectivity index (χ2v) is 7.93. The highest BCUT2D eigenvalue weighted by Gasteiger charge is 2.42. The zero-order chi connectivity index (χ0) is 13.3. The van der Waals surface area contributed by atoms with Gasteiger partial charge in [-0.15, -0.1) is 0 Å². The molecule has 3 atom stereocenters. The van der Waals surface area contributed by atoms with Gasteiger partial charge < -0.3 is 9.84 Å². The molecule has 2 aliphatic rings. The SMILES string of the molecule is OC(c1ccc(I)cc1)C1CCOC2(CCSC2)C1. The van der Waals surface area contributed by atoms with E-state index in [1.165, 1.54) is 9.32 Å². The zero-order valence-electron chi connectivity index (χ0n) is 10.8. The molecule has 2 fully saturated rings. The Kier molecular flexibility index (Phi) is 4.41. The predicted molar refractivity (Wildman–Crippen MR) is 87.5 cm³/mol. The summed E-state index contributed by atoms with van der Waals surface area (Å²) < 4.78 is 7.24. The number of halogens is 1. The molecule has 0 amide bonds. The third-order valence-corrected chi connectivity index (χ3v) is 6.20. The fourth-order valence-corrected chi connectivity index (χ4v) is 4.87. The highest BCUT2D eigenvalue weighted by atomic mass is 127. The molecular formula is C15H19IO2S.